The van der Waals surface area contributed by atoms with E-state index < -0.39 is 14.6 Å². The molecule has 1 N–H and O–H groups in total. The van der Waals surface area contributed by atoms with Gasteiger partial charge in [0.1, 0.15) is 0 Å². The number of rotatable bonds is 4. The van der Waals surface area contributed by atoms with Crippen molar-refractivity contribution in [1.82, 2.24) is 5.32 Å². The second kappa shape index (κ2) is 5.15. The second-order valence-corrected chi connectivity index (χ2v) is 9.74. The van der Waals surface area contributed by atoms with Gasteiger partial charge in [0, 0.05) is 18.5 Å². The molecular formula is C16H25NO2S. The quantitative estimate of drug-likeness (QED) is 0.928. The van der Waals surface area contributed by atoms with Gasteiger partial charge >= 0.3 is 0 Å². The molecule has 1 aliphatic rings. The first-order valence-electron chi connectivity index (χ1n) is 7.17. The molecule has 1 aromatic carbocycles. The van der Waals surface area contributed by atoms with Gasteiger partial charge in [0.15, 0.2) is 9.84 Å². The van der Waals surface area contributed by atoms with Crippen molar-refractivity contribution in [2.45, 2.75) is 44.3 Å². The van der Waals surface area contributed by atoms with Gasteiger partial charge in [-0.15, -0.1) is 0 Å². The van der Waals surface area contributed by atoms with E-state index in [1.165, 1.54) is 11.1 Å². The molecular weight excluding hydrogens is 270 g/mol. The lowest BCUT2D eigenvalue weighted by Crippen LogP contribution is -2.58. The first-order valence-corrected chi connectivity index (χ1v) is 8.82. The zero-order chi connectivity index (χ0) is 15.0. The van der Waals surface area contributed by atoms with E-state index in [9.17, 15) is 8.42 Å². The summed E-state index contributed by atoms with van der Waals surface area (Å²) in [6, 6.07) is 8.32. The fraction of sp³-hybridized carbons (Fsp3) is 0.625. The van der Waals surface area contributed by atoms with Crippen LogP contribution in [0.25, 0.3) is 0 Å². The van der Waals surface area contributed by atoms with Gasteiger partial charge in [-0.05, 0) is 45.2 Å². The monoisotopic (exact) mass is 295 g/mol. The standard InChI is InChI=1S/C16H25NO2S/c1-13-7-5-6-8-14(13)16(11-17-12-16)9-10-20(18,19)15(2,3)4/h5-8,17H,9-12H2,1-4H3. The van der Waals surface area contributed by atoms with Crippen LogP contribution >= 0.6 is 0 Å². The Morgan fingerprint density at radius 1 is 1.20 bits per heavy atom. The highest BCUT2D eigenvalue weighted by molar-refractivity contribution is 7.92. The number of sulfone groups is 1. The molecule has 4 heteroatoms. The third-order valence-electron chi connectivity index (χ3n) is 4.43. The molecule has 0 atom stereocenters. The van der Waals surface area contributed by atoms with Crippen molar-refractivity contribution in [3.8, 4) is 0 Å². The number of benzene rings is 1. The Hall–Kier alpha value is -0.870. The van der Waals surface area contributed by atoms with Gasteiger partial charge < -0.3 is 5.32 Å². The third kappa shape index (κ3) is 2.77. The summed E-state index contributed by atoms with van der Waals surface area (Å²) < 4.78 is 24.0. The van der Waals surface area contributed by atoms with E-state index in [1.54, 1.807) is 20.8 Å². The topological polar surface area (TPSA) is 46.2 Å². The predicted molar refractivity (Wildman–Crippen MR) is 83.9 cm³/mol. The van der Waals surface area contributed by atoms with Gasteiger partial charge in [0.25, 0.3) is 0 Å². The van der Waals surface area contributed by atoms with Crippen LogP contribution in [0.2, 0.25) is 0 Å². The maximum Gasteiger partial charge on any atom is 0.155 e. The fourth-order valence-electron chi connectivity index (χ4n) is 2.73. The van der Waals surface area contributed by atoms with E-state index in [4.69, 9.17) is 0 Å². The van der Waals surface area contributed by atoms with Crippen LogP contribution in [-0.2, 0) is 15.3 Å². The van der Waals surface area contributed by atoms with Gasteiger partial charge in [-0.3, -0.25) is 0 Å². The Morgan fingerprint density at radius 2 is 1.80 bits per heavy atom. The van der Waals surface area contributed by atoms with Crippen LogP contribution in [0.1, 0.15) is 38.3 Å². The van der Waals surface area contributed by atoms with E-state index in [-0.39, 0.29) is 11.2 Å². The summed E-state index contributed by atoms with van der Waals surface area (Å²) in [6.07, 6.45) is 0.699. The highest BCUT2D eigenvalue weighted by Crippen LogP contribution is 2.35. The molecule has 1 heterocycles. The molecule has 1 aliphatic heterocycles. The van der Waals surface area contributed by atoms with Crippen molar-refractivity contribution < 1.29 is 8.42 Å². The van der Waals surface area contributed by atoms with Gasteiger partial charge in [-0.2, -0.15) is 0 Å². The van der Waals surface area contributed by atoms with E-state index >= 15 is 0 Å². The SMILES string of the molecule is Cc1ccccc1C1(CCS(=O)(=O)C(C)(C)C)CNC1. The van der Waals surface area contributed by atoms with E-state index in [1.807, 2.05) is 12.1 Å². The molecule has 0 saturated carbocycles. The smallest absolute Gasteiger partial charge is 0.155 e. The normalized spacial score (nSPS) is 18.6. The van der Waals surface area contributed by atoms with Crippen molar-refractivity contribution in [2.24, 2.45) is 0 Å². The first-order chi connectivity index (χ1) is 9.18. The van der Waals surface area contributed by atoms with Crippen LogP contribution in [0.15, 0.2) is 24.3 Å². The molecule has 1 fully saturated rings. The van der Waals surface area contributed by atoms with E-state index in [0.29, 0.717) is 6.42 Å². The Labute approximate surface area is 122 Å². The highest BCUT2D eigenvalue weighted by atomic mass is 32.2. The van der Waals surface area contributed by atoms with Crippen molar-refractivity contribution in [2.75, 3.05) is 18.8 Å². The van der Waals surface area contributed by atoms with Gasteiger partial charge in [-0.25, -0.2) is 8.42 Å². The van der Waals surface area contributed by atoms with Crippen molar-refractivity contribution in [3.63, 3.8) is 0 Å². The average Bonchev–Trinajstić information content (AvgIpc) is 2.28. The van der Waals surface area contributed by atoms with Crippen molar-refractivity contribution >= 4 is 9.84 Å². The molecule has 0 aromatic heterocycles. The molecule has 0 bridgehead atoms. The summed E-state index contributed by atoms with van der Waals surface area (Å²) >= 11 is 0. The molecule has 0 amide bonds. The molecule has 0 spiro atoms. The Bertz CT molecular complexity index is 581. The molecule has 2 rings (SSSR count). The molecule has 0 aliphatic carbocycles. The average molecular weight is 295 g/mol. The van der Waals surface area contributed by atoms with Crippen molar-refractivity contribution in [1.29, 1.82) is 0 Å². The van der Waals surface area contributed by atoms with Crippen LogP contribution in [0.5, 0.6) is 0 Å². The summed E-state index contributed by atoms with van der Waals surface area (Å²) in [4.78, 5) is 0. The zero-order valence-corrected chi connectivity index (χ0v) is 13.7. The van der Waals surface area contributed by atoms with Crippen LogP contribution in [0, 0.1) is 6.92 Å². The maximum atomic E-state index is 12.3. The molecule has 20 heavy (non-hydrogen) atoms. The van der Waals surface area contributed by atoms with Gasteiger partial charge in [0.2, 0.25) is 0 Å². The van der Waals surface area contributed by atoms with Crippen LogP contribution in [-0.4, -0.2) is 32.0 Å². The molecule has 3 nitrogen and oxygen atoms in total. The summed E-state index contributed by atoms with van der Waals surface area (Å²) in [5.41, 5.74) is 2.54. The lowest BCUT2D eigenvalue weighted by atomic mass is 9.71. The summed E-state index contributed by atoms with van der Waals surface area (Å²) in [5.74, 6) is 0.256. The summed E-state index contributed by atoms with van der Waals surface area (Å²) in [6.45, 7) is 9.19. The Morgan fingerprint density at radius 3 is 2.25 bits per heavy atom. The molecule has 112 valence electrons. The third-order valence-corrected chi connectivity index (χ3v) is 7.03. The van der Waals surface area contributed by atoms with E-state index in [2.05, 4.69) is 24.4 Å². The lowest BCUT2D eigenvalue weighted by Gasteiger charge is -2.44. The number of aryl methyl sites for hydroxylation is 1. The molecule has 0 unspecified atom stereocenters. The van der Waals surface area contributed by atoms with Crippen molar-refractivity contribution in [3.05, 3.63) is 35.4 Å². The molecule has 0 radical (unpaired) electrons. The highest BCUT2D eigenvalue weighted by Gasteiger charge is 2.41. The maximum absolute atomic E-state index is 12.3. The van der Waals surface area contributed by atoms with Crippen LogP contribution in [0.3, 0.4) is 0 Å². The van der Waals surface area contributed by atoms with Gasteiger partial charge in [0.05, 0.1) is 10.5 Å². The Balaban J connectivity index is 2.21. The fourth-order valence-corrected chi connectivity index (χ4v) is 4.00. The molecule has 1 aromatic rings. The van der Waals surface area contributed by atoms with E-state index in [0.717, 1.165) is 13.1 Å². The summed E-state index contributed by atoms with van der Waals surface area (Å²) in [5, 5.41) is 3.31. The summed E-state index contributed by atoms with van der Waals surface area (Å²) in [7, 11) is -3.06. The number of nitrogens with one attached hydrogen (secondary N) is 1. The number of hydrogen-bond donors (Lipinski definition) is 1. The molecule has 1 saturated heterocycles. The van der Waals surface area contributed by atoms with Crippen LogP contribution < -0.4 is 5.32 Å². The zero-order valence-electron chi connectivity index (χ0n) is 12.9. The van der Waals surface area contributed by atoms with Crippen LogP contribution in [0.4, 0.5) is 0 Å². The predicted octanol–water partition coefficient (Wildman–Crippen LogP) is 2.44. The minimum absolute atomic E-state index is 0.0103. The minimum atomic E-state index is -3.06. The lowest BCUT2D eigenvalue weighted by molar-refractivity contribution is 0.266. The first kappa shape index (κ1) is 15.5. The second-order valence-electron chi connectivity index (χ2n) is 6.88. The van der Waals surface area contributed by atoms with Gasteiger partial charge in [-0.1, -0.05) is 24.3 Å². The Kier molecular flexibility index (Phi) is 4.00. The largest absolute Gasteiger partial charge is 0.315 e. The number of hydrogen-bond acceptors (Lipinski definition) is 3. The minimum Gasteiger partial charge on any atom is -0.315 e.